The SMILES string of the molecule is Cc1ccc(CC2CN(CCCF)C2)c(C)c1. The van der Waals surface area contributed by atoms with Crippen LogP contribution < -0.4 is 0 Å². The molecule has 0 aliphatic carbocycles. The number of rotatable bonds is 5. The van der Waals surface area contributed by atoms with Gasteiger partial charge in [0.1, 0.15) is 0 Å². The van der Waals surface area contributed by atoms with Crippen LogP contribution >= 0.6 is 0 Å². The topological polar surface area (TPSA) is 3.24 Å². The minimum atomic E-state index is -0.182. The van der Waals surface area contributed by atoms with E-state index in [2.05, 4.69) is 36.9 Å². The first-order chi connectivity index (χ1) is 8.19. The summed E-state index contributed by atoms with van der Waals surface area (Å²) in [4.78, 5) is 2.35. The van der Waals surface area contributed by atoms with Gasteiger partial charge in [0.05, 0.1) is 6.67 Å². The minimum Gasteiger partial charge on any atom is -0.303 e. The normalized spacial score (nSPS) is 17.1. The first-order valence-corrected chi connectivity index (χ1v) is 6.53. The van der Waals surface area contributed by atoms with Crippen LogP contribution in [0.15, 0.2) is 18.2 Å². The van der Waals surface area contributed by atoms with Gasteiger partial charge in [0.15, 0.2) is 0 Å². The van der Waals surface area contributed by atoms with Gasteiger partial charge >= 0.3 is 0 Å². The van der Waals surface area contributed by atoms with E-state index in [0.717, 1.165) is 25.6 Å². The smallest absolute Gasteiger partial charge is 0.0906 e. The van der Waals surface area contributed by atoms with E-state index in [1.807, 2.05) is 0 Å². The van der Waals surface area contributed by atoms with E-state index in [4.69, 9.17) is 0 Å². The van der Waals surface area contributed by atoms with Crippen LogP contribution in [0.2, 0.25) is 0 Å². The van der Waals surface area contributed by atoms with Crippen LogP contribution in [-0.4, -0.2) is 31.2 Å². The highest BCUT2D eigenvalue weighted by molar-refractivity contribution is 5.30. The van der Waals surface area contributed by atoms with Crippen LogP contribution in [0.1, 0.15) is 23.1 Å². The molecule has 1 aliphatic rings. The van der Waals surface area contributed by atoms with Crippen LogP contribution in [0.25, 0.3) is 0 Å². The van der Waals surface area contributed by atoms with Crippen molar-refractivity contribution in [2.45, 2.75) is 26.7 Å². The highest BCUT2D eigenvalue weighted by Gasteiger charge is 2.26. The lowest BCUT2D eigenvalue weighted by molar-refractivity contribution is 0.0967. The Morgan fingerprint density at radius 1 is 1.29 bits per heavy atom. The fourth-order valence-electron chi connectivity index (χ4n) is 2.66. The molecule has 0 N–H and O–H groups in total. The zero-order valence-corrected chi connectivity index (χ0v) is 10.9. The average Bonchev–Trinajstić information content (AvgIpc) is 2.24. The van der Waals surface area contributed by atoms with Gasteiger partial charge in [-0.25, -0.2) is 0 Å². The van der Waals surface area contributed by atoms with Crippen molar-refractivity contribution < 1.29 is 4.39 Å². The highest BCUT2D eigenvalue weighted by Crippen LogP contribution is 2.22. The molecule has 1 aliphatic heterocycles. The van der Waals surface area contributed by atoms with Crippen LogP contribution in [0.4, 0.5) is 4.39 Å². The van der Waals surface area contributed by atoms with Crippen LogP contribution in [0.3, 0.4) is 0 Å². The molecular formula is C15H22FN. The molecule has 2 rings (SSSR count). The zero-order chi connectivity index (χ0) is 12.3. The summed E-state index contributed by atoms with van der Waals surface area (Å²) in [6.07, 6.45) is 1.87. The maximum Gasteiger partial charge on any atom is 0.0906 e. The lowest BCUT2D eigenvalue weighted by Crippen LogP contribution is -2.47. The molecule has 2 heteroatoms. The average molecular weight is 235 g/mol. The van der Waals surface area contributed by atoms with Crippen molar-refractivity contribution >= 4 is 0 Å². The van der Waals surface area contributed by atoms with Gasteiger partial charge in [-0.15, -0.1) is 0 Å². The van der Waals surface area contributed by atoms with Gasteiger partial charge in [-0.2, -0.15) is 0 Å². The molecule has 1 saturated heterocycles. The number of alkyl halides is 1. The van der Waals surface area contributed by atoms with Gasteiger partial charge in [0.25, 0.3) is 0 Å². The molecule has 0 bridgehead atoms. The predicted molar refractivity (Wildman–Crippen MR) is 70.1 cm³/mol. The monoisotopic (exact) mass is 235 g/mol. The Balaban J connectivity index is 1.79. The maximum atomic E-state index is 12.0. The van der Waals surface area contributed by atoms with Crippen molar-refractivity contribution in [2.24, 2.45) is 5.92 Å². The summed E-state index contributed by atoms with van der Waals surface area (Å²) in [5.74, 6) is 0.774. The Labute approximate surface area is 104 Å². The molecule has 0 aromatic heterocycles. The second-order valence-electron chi connectivity index (χ2n) is 5.30. The third-order valence-corrected chi connectivity index (χ3v) is 3.65. The second-order valence-corrected chi connectivity index (χ2v) is 5.30. The zero-order valence-electron chi connectivity index (χ0n) is 10.9. The molecule has 1 heterocycles. The van der Waals surface area contributed by atoms with Crippen LogP contribution in [0.5, 0.6) is 0 Å². The first-order valence-electron chi connectivity index (χ1n) is 6.53. The van der Waals surface area contributed by atoms with Gasteiger partial charge in [-0.3, -0.25) is 4.39 Å². The largest absolute Gasteiger partial charge is 0.303 e. The quantitative estimate of drug-likeness (QED) is 0.758. The number of likely N-dealkylation sites (tertiary alicyclic amines) is 1. The number of benzene rings is 1. The van der Waals surface area contributed by atoms with E-state index in [9.17, 15) is 4.39 Å². The Morgan fingerprint density at radius 3 is 2.71 bits per heavy atom. The maximum absolute atomic E-state index is 12.0. The number of nitrogens with zero attached hydrogens (tertiary/aromatic N) is 1. The molecule has 1 fully saturated rings. The Morgan fingerprint density at radius 2 is 2.06 bits per heavy atom. The molecule has 0 spiro atoms. The number of aryl methyl sites for hydroxylation is 2. The Hall–Kier alpha value is -0.890. The molecule has 1 aromatic rings. The molecule has 17 heavy (non-hydrogen) atoms. The van der Waals surface area contributed by atoms with E-state index in [1.165, 1.54) is 23.1 Å². The number of hydrogen-bond donors (Lipinski definition) is 0. The molecule has 1 aromatic carbocycles. The Kier molecular flexibility index (Phi) is 4.16. The van der Waals surface area contributed by atoms with E-state index in [0.29, 0.717) is 6.42 Å². The summed E-state index contributed by atoms with van der Waals surface area (Å²) in [6.45, 7) is 7.37. The van der Waals surface area contributed by atoms with Crippen LogP contribution in [-0.2, 0) is 6.42 Å². The molecular weight excluding hydrogens is 213 g/mol. The van der Waals surface area contributed by atoms with E-state index >= 15 is 0 Å². The van der Waals surface area contributed by atoms with Crippen molar-refractivity contribution in [1.29, 1.82) is 0 Å². The van der Waals surface area contributed by atoms with Gasteiger partial charge in [-0.05, 0) is 43.7 Å². The molecule has 1 nitrogen and oxygen atoms in total. The molecule has 0 unspecified atom stereocenters. The number of hydrogen-bond acceptors (Lipinski definition) is 1. The lowest BCUT2D eigenvalue weighted by atomic mass is 9.89. The van der Waals surface area contributed by atoms with Crippen LogP contribution in [0, 0.1) is 19.8 Å². The molecule has 94 valence electrons. The summed E-state index contributed by atoms with van der Waals surface area (Å²) in [6, 6.07) is 6.71. The predicted octanol–water partition coefficient (Wildman–Crippen LogP) is 3.14. The standard InChI is InChI=1S/C15H22FN/c1-12-4-5-15(13(2)8-12)9-14-10-17(11-14)7-3-6-16/h4-5,8,14H,3,6-7,9-11H2,1-2H3. The summed E-state index contributed by atoms with van der Waals surface area (Å²) >= 11 is 0. The number of halogens is 1. The molecule has 0 amide bonds. The minimum absolute atomic E-state index is 0.182. The van der Waals surface area contributed by atoms with E-state index < -0.39 is 0 Å². The van der Waals surface area contributed by atoms with Crippen molar-refractivity contribution in [3.05, 3.63) is 34.9 Å². The summed E-state index contributed by atoms with van der Waals surface area (Å²) in [7, 11) is 0. The third kappa shape index (κ3) is 3.29. The molecule has 0 radical (unpaired) electrons. The first kappa shape index (κ1) is 12.6. The highest BCUT2D eigenvalue weighted by atomic mass is 19.1. The second kappa shape index (κ2) is 5.63. The Bertz CT molecular complexity index is 369. The van der Waals surface area contributed by atoms with Crippen molar-refractivity contribution in [1.82, 2.24) is 4.90 Å². The van der Waals surface area contributed by atoms with E-state index in [1.54, 1.807) is 0 Å². The van der Waals surface area contributed by atoms with Crippen molar-refractivity contribution in [2.75, 3.05) is 26.3 Å². The fraction of sp³-hybridized carbons (Fsp3) is 0.600. The lowest BCUT2D eigenvalue weighted by Gasteiger charge is -2.39. The van der Waals surface area contributed by atoms with Gasteiger partial charge < -0.3 is 4.90 Å². The summed E-state index contributed by atoms with van der Waals surface area (Å²) < 4.78 is 12.0. The summed E-state index contributed by atoms with van der Waals surface area (Å²) in [5.41, 5.74) is 4.22. The van der Waals surface area contributed by atoms with Crippen molar-refractivity contribution in [3.8, 4) is 0 Å². The van der Waals surface area contributed by atoms with Gasteiger partial charge in [0, 0.05) is 19.6 Å². The third-order valence-electron chi connectivity index (χ3n) is 3.65. The van der Waals surface area contributed by atoms with Gasteiger partial charge in [0.2, 0.25) is 0 Å². The fourth-order valence-corrected chi connectivity index (χ4v) is 2.66. The molecule has 0 atom stereocenters. The van der Waals surface area contributed by atoms with Gasteiger partial charge in [-0.1, -0.05) is 23.8 Å². The summed E-state index contributed by atoms with van der Waals surface area (Å²) in [5, 5.41) is 0. The van der Waals surface area contributed by atoms with E-state index in [-0.39, 0.29) is 6.67 Å². The molecule has 0 saturated carbocycles. The van der Waals surface area contributed by atoms with Crippen molar-refractivity contribution in [3.63, 3.8) is 0 Å².